The number of rotatable bonds is 2. The molecule has 0 aliphatic rings. The third kappa shape index (κ3) is 4.48. The molecule has 24 heavy (non-hydrogen) atoms. The van der Waals surface area contributed by atoms with Crippen LogP contribution in [0.4, 0.5) is 24.5 Å². The molecule has 126 valence electrons. The molecule has 0 fully saturated rings. The highest BCUT2D eigenvalue weighted by atomic mass is 35.5. The Bertz CT molecular complexity index is 791. The van der Waals surface area contributed by atoms with Crippen LogP contribution in [0.2, 0.25) is 5.02 Å². The van der Waals surface area contributed by atoms with E-state index in [9.17, 15) is 22.8 Å². The molecule has 0 saturated carbocycles. The summed E-state index contributed by atoms with van der Waals surface area (Å²) in [7, 11) is 0. The zero-order chi connectivity index (χ0) is 17.9. The van der Waals surface area contributed by atoms with Crippen LogP contribution in [0, 0.1) is 6.92 Å². The SMILES string of the molecule is Cc1ccc(Cl)cc1NC(=O)C(=O)Nc1cccc(C(F)(F)F)c1. The fraction of sp³-hybridized carbons (Fsp3) is 0.125. The van der Waals surface area contributed by atoms with E-state index in [-0.39, 0.29) is 5.69 Å². The molecule has 0 radical (unpaired) electrons. The van der Waals surface area contributed by atoms with E-state index in [0.717, 1.165) is 18.2 Å². The van der Waals surface area contributed by atoms with Crippen molar-refractivity contribution in [3.63, 3.8) is 0 Å². The first kappa shape index (κ1) is 17.8. The summed E-state index contributed by atoms with van der Waals surface area (Å²) in [5, 5.41) is 4.85. The number of anilines is 2. The van der Waals surface area contributed by atoms with Crippen molar-refractivity contribution in [2.75, 3.05) is 10.6 Å². The molecule has 0 aliphatic carbocycles. The van der Waals surface area contributed by atoms with Crippen molar-refractivity contribution in [1.82, 2.24) is 0 Å². The number of amides is 2. The van der Waals surface area contributed by atoms with Crippen LogP contribution in [0.25, 0.3) is 0 Å². The topological polar surface area (TPSA) is 58.2 Å². The van der Waals surface area contributed by atoms with E-state index < -0.39 is 23.6 Å². The summed E-state index contributed by atoms with van der Waals surface area (Å²) < 4.78 is 37.9. The van der Waals surface area contributed by atoms with Crippen molar-refractivity contribution in [2.24, 2.45) is 0 Å². The van der Waals surface area contributed by atoms with E-state index in [1.807, 2.05) is 0 Å². The van der Waals surface area contributed by atoms with Gasteiger partial charge in [-0.05, 0) is 42.8 Å². The predicted molar refractivity (Wildman–Crippen MR) is 84.9 cm³/mol. The van der Waals surface area contributed by atoms with E-state index in [1.165, 1.54) is 12.1 Å². The normalized spacial score (nSPS) is 11.0. The molecular formula is C16H12ClF3N2O2. The van der Waals surface area contributed by atoms with Crippen LogP contribution in [-0.4, -0.2) is 11.8 Å². The summed E-state index contributed by atoms with van der Waals surface area (Å²) >= 11 is 5.81. The van der Waals surface area contributed by atoms with Gasteiger partial charge < -0.3 is 10.6 Å². The molecule has 0 heterocycles. The molecule has 2 rings (SSSR count). The lowest BCUT2D eigenvalue weighted by Crippen LogP contribution is -2.29. The van der Waals surface area contributed by atoms with Gasteiger partial charge in [0, 0.05) is 16.4 Å². The quantitative estimate of drug-likeness (QED) is 0.790. The highest BCUT2D eigenvalue weighted by Gasteiger charge is 2.30. The fourth-order valence-corrected chi connectivity index (χ4v) is 2.04. The Kier molecular flexibility index (Phi) is 5.14. The molecule has 0 saturated heterocycles. The Morgan fingerprint density at radius 1 is 1.00 bits per heavy atom. The lowest BCUT2D eigenvalue weighted by atomic mass is 10.2. The Hall–Kier alpha value is -2.54. The smallest absolute Gasteiger partial charge is 0.318 e. The van der Waals surface area contributed by atoms with Crippen LogP contribution in [0.5, 0.6) is 0 Å². The van der Waals surface area contributed by atoms with Crippen LogP contribution in [0.1, 0.15) is 11.1 Å². The van der Waals surface area contributed by atoms with Gasteiger partial charge in [-0.1, -0.05) is 23.7 Å². The van der Waals surface area contributed by atoms with E-state index in [1.54, 1.807) is 19.1 Å². The zero-order valence-corrected chi connectivity index (χ0v) is 13.1. The number of carbonyl (C=O) groups is 2. The number of hydrogen-bond acceptors (Lipinski definition) is 2. The number of hydrogen-bond donors (Lipinski definition) is 2. The van der Waals surface area contributed by atoms with Gasteiger partial charge in [0.1, 0.15) is 0 Å². The largest absolute Gasteiger partial charge is 0.416 e. The maximum atomic E-state index is 12.6. The number of carbonyl (C=O) groups excluding carboxylic acids is 2. The van der Waals surface area contributed by atoms with E-state index in [2.05, 4.69) is 10.6 Å². The average Bonchev–Trinajstić information content (AvgIpc) is 2.50. The molecular weight excluding hydrogens is 345 g/mol. The van der Waals surface area contributed by atoms with Gasteiger partial charge in [0.05, 0.1) is 5.56 Å². The number of nitrogens with one attached hydrogen (secondary N) is 2. The molecule has 8 heteroatoms. The van der Waals surface area contributed by atoms with Crippen molar-refractivity contribution in [2.45, 2.75) is 13.1 Å². The summed E-state index contributed by atoms with van der Waals surface area (Å²) in [6.07, 6.45) is -4.54. The van der Waals surface area contributed by atoms with Gasteiger partial charge in [-0.25, -0.2) is 0 Å². The molecule has 2 aromatic rings. The van der Waals surface area contributed by atoms with Crippen molar-refractivity contribution in [3.05, 3.63) is 58.6 Å². The lowest BCUT2D eigenvalue weighted by Gasteiger charge is -2.11. The van der Waals surface area contributed by atoms with Gasteiger partial charge in [-0.15, -0.1) is 0 Å². The number of halogens is 4. The second-order valence-electron chi connectivity index (χ2n) is 4.95. The molecule has 2 aromatic carbocycles. The number of aryl methyl sites for hydroxylation is 1. The van der Waals surface area contributed by atoms with Gasteiger partial charge in [0.25, 0.3) is 0 Å². The minimum atomic E-state index is -4.54. The second kappa shape index (κ2) is 6.92. The summed E-state index contributed by atoms with van der Waals surface area (Å²) in [4.78, 5) is 23.7. The molecule has 0 aromatic heterocycles. The third-order valence-corrected chi connectivity index (χ3v) is 3.34. The Balaban J connectivity index is 2.09. The van der Waals surface area contributed by atoms with Gasteiger partial charge in [0.2, 0.25) is 0 Å². The maximum Gasteiger partial charge on any atom is 0.416 e. The van der Waals surface area contributed by atoms with Crippen LogP contribution in [-0.2, 0) is 15.8 Å². The number of alkyl halides is 3. The molecule has 0 spiro atoms. The molecule has 4 nitrogen and oxygen atoms in total. The van der Waals surface area contributed by atoms with Gasteiger partial charge in [-0.3, -0.25) is 9.59 Å². The molecule has 2 amide bonds. The standard InChI is InChI=1S/C16H12ClF3N2O2/c1-9-5-6-11(17)8-13(9)22-15(24)14(23)21-12-4-2-3-10(7-12)16(18,19)20/h2-8H,1H3,(H,21,23)(H,22,24). The first-order chi connectivity index (χ1) is 11.2. The minimum absolute atomic E-state index is 0.132. The summed E-state index contributed by atoms with van der Waals surface area (Å²) in [6, 6.07) is 8.74. The van der Waals surface area contributed by atoms with Gasteiger partial charge >= 0.3 is 18.0 Å². The van der Waals surface area contributed by atoms with Crippen LogP contribution < -0.4 is 10.6 Å². The summed E-state index contributed by atoms with van der Waals surface area (Å²) in [5.41, 5.74) is -0.0366. The maximum absolute atomic E-state index is 12.6. The van der Waals surface area contributed by atoms with Crippen molar-refractivity contribution in [3.8, 4) is 0 Å². The highest BCUT2D eigenvalue weighted by Crippen LogP contribution is 2.30. The Morgan fingerprint density at radius 2 is 1.67 bits per heavy atom. The highest BCUT2D eigenvalue weighted by molar-refractivity contribution is 6.43. The van der Waals surface area contributed by atoms with Crippen molar-refractivity contribution < 1.29 is 22.8 Å². The van der Waals surface area contributed by atoms with E-state index in [4.69, 9.17) is 11.6 Å². The molecule has 0 aliphatic heterocycles. The lowest BCUT2D eigenvalue weighted by molar-refractivity contribution is -0.137. The molecule has 0 unspecified atom stereocenters. The average molecular weight is 357 g/mol. The van der Waals surface area contributed by atoms with Gasteiger partial charge in [-0.2, -0.15) is 13.2 Å². The van der Waals surface area contributed by atoms with E-state index in [0.29, 0.717) is 16.3 Å². The third-order valence-electron chi connectivity index (χ3n) is 3.10. The van der Waals surface area contributed by atoms with Gasteiger partial charge in [0.15, 0.2) is 0 Å². The minimum Gasteiger partial charge on any atom is -0.318 e. The van der Waals surface area contributed by atoms with Crippen LogP contribution >= 0.6 is 11.6 Å². The summed E-state index contributed by atoms with van der Waals surface area (Å²) in [5.74, 6) is -2.11. The molecule has 0 bridgehead atoms. The van der Waals surface area contributed by atoms with Crippen LogP contribution in [0.15, 0.2) is 42.5 Å². The number of benzene rings is 2. The predicted octanol–water partition coefficient (Wildman–Crippen LogP) is 4.24. The molecule has 0 atom stereocenters. The fourth-order valence-electron chi connectivity index (χ4n) is 1.87. The van der Waals surface area contributed by atoms with E-state index >= 15 is 0 Å². The van der Waals surface area contributed by atoms with Crippen LogP contribution in [0.3, 0.4) is 0 Å². The second-order valence-corrected chi connectivity index (χ2v) is 5.38. The summed E-state index contributed by atoms with van der Waals surface area (Å²) in [6.45, 7) is 1.71. The first-order valence-electron chi connectivity index (χ1n) is 6.72. The molecule has 2 N–H and O–H groups in total. The Labute approximate surface area is 140 Å². The zero-order valence-electron chi connectivity index (χ0n) is 12.4. The Morgan fingerprint density at radius 3 is 2.33 bits per heavy atom. The van der Waals surface area contributed by atoms with Crippen molar-refractivity contribution >= 4 is 34.8 Å². The first-order valence-corrected chi connectivity index (χ1v) is 7.10. The monoisotopic (exact) mass is 356 g/mol. The van der Waals surface area contributed by atoms with Crippen molar-refractivity contribution in [1.29, 1.82) is 0 Å².